The largest absolute Gasteiger partial charge is 0.281 e. The minimum atomic E-state index is -0.222. The second-order valence-corrected chi connectivity index (χ2v) is 3.59. The third kappa shape index (κ3) is 1.64. The van der Waals surface area contributed by atoms with E-state index in [0.717, 1.165) is 11.4 Å². The molecule has 1 aromatic rings. The molecule has 0 fully saturated rings. The number of aromatic nitrogens is 1. The second kappa shape index (κ2) is 2.76. The van der Waals surface area contributed by atoms with E-state index in [1.165, 1.54) is 0 Å². The van der Waals surface area contributed by atoms with E-state index in [-0.39, 0.29) is 5.54 Å². The minimum Gasteiger partial charge on any atom is -0.281 e. The minimum absolute atomic E-state index is 0.222. The van der Waals surface area contributed by atoms with Crippen LogP contribution in [0.4, 0.5) is 5.82 Å². The first-order valence-electron chi connectivity index (χ1n) is 4.23. The lowest BCUT2D eigenvalue weighted by Crippen LogP contribution is -2.17. The van der Waals surface area contributed by atoms with Gasteiger partial charge in [-0.25, -0.2) is 9.98 Å². The Bertz CT molecular complexity index is 343. The maximum absolute atomic E-state index is 4.38. The van der Waals surface area contributed by atoms with Crippen LogP contribution in [0.2, 0.25) is 0 Å². The molecule has 0 aromatic carbocycles. The van der Waals surface area contributed by atoms with Crippen LogP contribution in [0.1, 0.15) is 19.4 Å². The van der Waals surface area contributed by atoms with Gasteiger partial charge >= 0.3 is 0 Å². The molecule has 1 aliphatic heterocycles. The van der Waals surface area contributed by atoms with Gasteiger partial charge in [-0.3, -0.25) is 4.99 Å². The highest BCUT2D eigenvalue weighted by Gasteiger charge is 2.14. The van der Waals surface area contributed by atoms with Crippen molar-refractivity contribution in [2.24, 2.45) is 9.98 Å². The summed E-state index contributed by atoms with van der Waals surface area (Å²) in [5, 5.41) is 0. The molecule has 1 aromatic heterocycles. The fourth-order valence-electron chi connectivity index (χ4n) is 1.11. The molecule has 2 rings (SSSR count). The molecule has 1 aliphatic rings. The monoisotopic (exact) mass is 173 g/mol. The van der Waals surface area contributed by atoms with Gasteiger partial charge in [0.25, 0.3) is 0 Å². The number of aliphatic imine (C=N–C) groups is 2. The van der Waals surface area contributed by atoms with Crippen molar-refractivity contribution >= 4 is 18.2 Å². The lowest BCUT2D eigenvalue weighted by molar-refractivity contribution is 0.723. The Morgan fingerprint density at radius 3 is 3.00 bits per heavy atom. The van der Waals surface area contributed by atoms with Gasteiger partial charge in [-0.05, 0) is 26.0 Å². The summed E-state index contributed by atoms with van der Waals surface area (Å²) in [6.45, 7) is 4.03. The molecule has 66 valence electrons. The lowest BCUT2D eigenvalue weighted by atomic mass is 10.1. The highest BCUT2D eigenvalue weighted by Crippen LogP contribution is 2.18. The first kappa shape index (κ1) is 8.10. The maximum Gasteiger partial charge on any atom is 0.160 e. The predicted molar refractivity (Wildman–Crippen MR) is 54.1 cm³/mol. The van der Waals surface area contributed by atoms with Crippen LogP contribution in [0, 0.1) is 0 Å². The number of fused-ring (bicyclic) bond motifs is 1. The van der Waals surface area contributed by atoms with E-state index >= 15 is 0 Å². The van der Waals surface area contributed by atoms with Gasteiger partial charge in [-0.1, -0.05) is 0 Å². The van der Waals surface area contributed by atoms with Crippen LogP contribution in [-0.2, 0) is 0 Å². The summed E-state index contributed by atoms with van der Waals surface area (Å²) in [6.07, 6.45) is 5.39. The van der Waals surface area contributed by atoms with Gasteiger partial charge in [0.05, 0.1) is 5.54 Å². The van der Waals surface area contributed by atoms with Crippen molar-refractivity contribution in [3.63, 3.8) is 0 Å². The van der Waals surface area contributed by atoms with Gasteiger partial charge < -0.3 is 0 Å². The lowest BCUT2D eigenvalue weighted by Gasteiger charge is -2.09. The zero-order chi connectivity index (χ0) is 9.31. The Kier molecular flexibility index (Phi) is 1.72. The molecule has 2 heterocycles. The Morgan fingerprint density at radius 1 is 1.31 bits per heavy atom. The van der Waals surface area contributed by atoms with Crippen LogP contribution >= 0.6 is 0 Å². The molecule has 0 bridgehead atoms. The smallest absolute Gasteiger partial charge is 0.160 e. The SMILES string of the molecule is CC1(C)C=Nc2ncccc2C=N1. The standard InChI is InChI=1S/C10H11N3/c1-10(2)7-12-9-8(6-13-10)4-3-5-11-9/h3-7H,1-2H3. The van der Waals surface area contributed by atoms with Crippen LogP contribution in [0.3, 0.4) is 0 Å². The summed E-state index contributed by atoms with van der Waals surface area (Å²) in [5.41, 5.74) is 0.755. The Morgan fingerprint density at radius 2 is 2.15 bits per heavy atom. The molecule has 0 spiro atoms. The molecule has 3 heteroatoms. The number of hydrogen-bond acceptors (Lipinski definition) is 3. The van der Waals surface area contributed by atoms with Gasteiger partial charge in [0.15, 0.2) is 5.82 Å². The van der Waals surface area contributed by atoms with Gasteiger partial charge in [-0.15, -0.1) is 0 Å². The van der Waals surface area contributed by atoms with Crippen molar-refractivity contribution < 1.29 is 0 Å². The molecule has 3 nitrogen and oxygen atoms in total. The van der Waals surface area contributed by atoms with Gasteiger partial charge in [0.2, 0.25) is 0 Å². The molecule has 0 atom stereocenters. The fraction of sp³-hybridized carbons (Fsp3) is 0.300. The summed E-state index contributed by atoms with van der Waals surface area (Å²) in [7, 11) is 0. The Balaban J connectivity index is 2.53. The predicted octanol–water partition coefficient (Wildman–Crippen LogP) is 2.00. The van der Waals surface area contributed by atoms with Crippen LogP contribution < -0.4 is 0 Å². The van der Waals surface area contributed by atoms with E-state index in [1.54, 1.807) is 6.20 Å². The Hall–Kier alpha value is -1.51. The molecule has 0 aliphatic carbocycles. The van der Waals surface area contributed by atoms with Crippen molar-refractivity contribution in [3.05, 3.63) is 23.9 Å². The van der Waals surface area contributed by atoms with Crippen LogP contribution in [0.25, 0.3) is 0 Å². The van der Waals surface area contributed by atoms with Crippen molar-refractivity contribution in [1.29, 1.82) is 0 Å². The fourth-order valence-corrected chi connectivity index (χ4v) is 1.11. The summed E-state index contributed by atoms with van der Waals surface area (Å²) in [5.74, 6) is 0.747. The first-order chi connectivity index (χ1) is 6.17. The number of rotatable bonds is 0. The zero-order valence-corrected chi connectivity index (χ0v) is 7.73. The van der Waals surface area contributed by atoms with E-state index in [1.807, 2.05) is 38.4 Å². The second-order valence-electron chi connectivity index (χ2n) is 3.59. The molecule has 0 amide bonds. The summed E-state index contributed by atoms with van der Waals surface area (Å²) < 4.78 is 0. The quantitative estimate of drug-likeness (QED) is 0.591. The number of hydrogen-bond donors (Lipinski definition) is 0. The van der Waals surface area contributed by atoms with E-state index in [0.29, 0.717) is 0 Å². The van der Waals surface area contributed by atoms with Crippen molar-refractivity contribution in [2.75, 3.05) is 0 Å². The molecular formula is C10H11N3. The average Bonchev–Trinajstić information content (AvgIpc) is 2.27. The van der Waals surface area contributed by atoms with Crippen molar-refractivity contribution in [3.8, 4) is 0 Å². The summed E-state index contributed by atoms with van der Waals surface area (Å²) in [4.78, 5) is 12.8. The third-order valence-corrected chi connectivity index (χ3v) is 1.86. The van der Waals surface area contributed by atoms with Crippen molar-refractivity contribution in [1.82, 2.24) is 4.98 Å². The summed E-state index contributed by atoms with van der Waals surface area (Å²) >= 11 is 0. The number of pyridine rings is 1. The molecule has 13 heavy (non-hydrogen) atoms. The van der Waals surface area contributed by atoms with E-state index < -0.39 is 0 Å². The molecular weight excluding hydrogens is 162 g/mol. The van der Waals surface area contributed by atoms with Crippen LogP contribution in [-0.4, -0.2) is 23.0 Å². The number of nitrogens with zero attached hydrogens (tertiary/aromatic N) is 3. The van der Waals surface area contributed by atoms with Gasteiger partial charge in [0.1, 0.15) is 0 Å². The molecule has 0 N–H and O–H groups in total. The topological polar surface area (TPSA) is 37.6 Å². The van der Waals surface area contributed by atoms with Crippen LogP contribution in [0.5, 0.6) is 0 Å². The third-order valence-electron chi connectivity index (χ3n) is 1.86. The maximum atomic E-state index is 4.38. The van der Waals surface area contributed by atoms with Crippen LogP contribution in [0.15, 0.2) is 28.3 Å². The van der Waals surface area contributed by atoms with Gasteiger partial charge in [0, 0.05) is 24.2 Å². The summed E-state index contributed by atoms with van der Waals surface area (Å²) in [6, 6.07) is 3.85. The normalized spacial score (nSPS) is 18.0. The van der Waals surface area contributed by atoms with E-state index in [4.69, 9.17) is 0 Å². The molecule has 0 radical (unpaired) electrons. The molecule has 0 saturated heterocycles. The van der Waals surface area contributed by atoms with E-state index in [2.05, 4.69) is 15.0 Å². The average molecular weight is 173 g/mol. The first-order valence-corrected chi connectivity index (χ1v) is 4.23. The highest BCUT2D eigenvalue weighted by molar-refractivity contribution is 5.91. The zero-order valence-electron chi connectivity index (χ0n) is 7.73. The highest BCUT2D eigenvalue weighted by atomic mass is 15.0. The van der Waals surface area contributed by atoms with E-state index in [9.17, 15) is 0 Å². The molecule has 0 saturated carbocycles. The van der Waals surface area contributed by atoms with Gasteiger partial charge in [-0.2, -0.15) is 0 Å². The van der Waals surface area contributed by atoms with Crippen molar-refractivity contribution in [2.45, 2.75) is 19.4 Å². The Labute approximate surface area is 77.3 Å². The molecule has 0 unspecified atom stereocenters.